The third kappa shape index (κ3) is 5.82. The van der Waals surface area contributed by atoms with Gasteiger partial charge in [0, 0.05) is 45.1 Å². The van der Waals surface area contributed by atoms with Crippen molar-refractivity contribution in [1.29, 1.82) is 0 Å². The monoisotopic (exact) mass is 503 g/mol. The van der Waals surface area contributed by atoms with E-state index in [2.05, 4.69) is 16.8 Å². The summed E-state index contributed by atoms with van der Waals surface area (Å²) in [5.41, 5.74) is 2.18. The minimum atomic E-state index is -3.67. The van der Waals surface area contributed by atoms with E-state index in [-0.39, 0.29) is 10.7 Å². The van der Waals surface area contributed by atoms with Crippen LogP contribution < -0.4 is 4.74 Å². The van der Waals surface area contributed by atoms with Crippen molar-refractivity contribution in [2.24, 2.45) is 5.10 Å². The molecule has 2 heterocycles. The highest BCUT2D eigenvalue weighted by Crippen LogP contribution is 2.27. The summed E-state index contributed by atoms with van der Waals surface area (Å²) < 4.78 is 35.8. The Kier molecular flexibility index (Phi) is 8.84. The van der Waals surface area contributed by atoms with Crippen molar-refractivity contribution in [3.8, 4) is 5.75 Å². The number of likely N-dealkylation sites (N-methyl/N-ethyl adjacent to an activating group) is 1. The molecule has 0 radical (unpaired) electrons. The lowest BCUT2D eigenvalue weighted by molar-refractivity contribution is 0.100. The van der Waals surface area contributed by atoms with Gasteiger partial charge in [-0.3, -0.25) is 4.79 Å². The van der Waals surface area contributed by atoms with Crippen LogP contribution in [-0.2, 0) is 16.4 Å². The summed E-state index contributed by atoms with van der Waals surface area (Å²) in [4.78, 5) is 19.4. The number of sulfonamides is 1. The maximum Gasteiger partial charge on any atom is 0.243 e. The average Bonchev–Trinajstić information content (AvgIpc) is 3.14. The number of benzene rings is 1. The number of imidazole rings is 1. The normalized spacial score (nSPS) is 16.0. The lowest BCUT2D eigenvalue weighted by atomic mass is 10.1. The molecule has 1 saturated heterocycles. The van der Waals surface area contributed by atoms with Crippen molar-refractivity contribution in [3.05, 3.63) is 41.0 Å². The molecule has 0 saturated carbocycles. The molecule has 0 N–H and O–H groups in total. The van der Waals surface area contributed by atoms with Crippen molar-refractivity contribution < 1.29 is 17.9 Å². The van der Waals surface area contributed by atoms with Gasteiger partial charge in [-0.15, -0.1) is 0 Å². The lowest BCUT2D eigenvalue weighted by Crippen LogP contribution is -2.48. The number of carbonyl (C=O) groups is 1. The van der Waals surface area contributed by atoms with E-state index in [1.54, 1.807) is 36.7 Å². The number of carbonyl (C=O) groups excluding carboxylic acids is 1. The van der Waals surface area contributed by atoms with Crippen LogP contribution in [0.5, 0.6) is 5.75 Å². The lowest BCUT2D eigenvalue weighted by Gasteiger charge is -2.33. The number of nitrogens with zero attached hydrogens (tertiary/aromatic N) is 5. The molecule has 3 rings (SSSR count). The fourth-order valence-electron chi connectivity index (χ4n) is 4.35. The highest BCUT2D eigenvalue weighted by atomic mass is 32.2. The maximum absolute atomic E-state index is 13.4. The van der Waals surface area contributed by atoms with Crippen LogP contribution in [0.2, 0.25) is 0 Å². The predicted octanol–water partition coefficient (Wildman–Crippen LogP) is 3.34. The largest absolute Gasteiger partial charge is 0.493 e. The van der Waals surface area contributed by atoms with Crippen molar-refractivity contribution in [3.63, 3.8) is 0 Å². The summed E-state index contributed by atoms with van der Waals surface area (Å²) in [6.45, 7) is 14.8. The van der Waals surface area contributed by atoms with Gasteiger partial charge in [0.2, 0.25) is 10.0 Å². The Hall–Kier alpha value is -2.56. The van der Waals surface area contributed by atoms with Gasteiger partial charge in [-0.1, -0.05) is 13.8 Å². The molecular weight excluding hydrogens is 466 g/mol. The Morgan fingerprint density at radius 2 is 1.80 bits per heavy atom. The van der Waals surface area contributed by atoms with Gasteiger partial charge < -0.3 is 9.64 Å². The standard InChI is InChI=1S/C25H37N5O4S/c1-7-10-24-26-19(5)25(20(6)31)30(24)27-18(4)22-17-21(11-12-23(22)34-9-3)35(32,33)29-15-13-28(8-2)14-16-29/h11-12,17H,7-10,13-16H2,1-6H3/b27-18+. The zero-order valence-corrected chi connectivity index (χ0v) is 22.5. The van der Waals surface area contributed by atoms with Gasteiger partial charge in [-0.25, -0.2) is 18.1 Å². The minimum Gasteiger partial charge on any atom is -0.493 e. The molecule has 192 valence electrons. The number of hydrogen-bond acceptors (Lipinski definition) is 7. The summed E-state index contributed by atoms with van der Waals surface area (Å²) in [6, 6.07) is 4.90. The van der Waals surface area contributed by atoms with Gasteiger partial charge in [0.1, 0.15) is 17.3 Å². The first-order valence-corrected chi connectivity index (χ1v) is 13.7. The van der Waals surface area contributed by atoms with Gasteiger partial charge in [0.15, 0.2) is 5.78 Å². The second-order valence-electron chi connectivity index (χ2n) is 8.69. The van der Waals surface area contributed by atoms with Crippen molar-refractivity contribution in [2.75, 3.05) is 39.3 Å². The summed E-state index contributed by atoms with van der Waals surface area (Å²) in [5, 5.41) is 4.74. The van der Waals surface area contributed by atoms with Crippen molar-refractivity contribution >= 4 is 21.5 Å². The number of aryl methyl sites for hydroxylation is 2. The number of ether oxygens (including phenoxy) is 1. The van der Waals surface area contributed by atoms with E-state index in [4.69, 9.17) is 9.84 Å². The molecule has 1 fully saturated rings. The number of rotatable bonds is 10. The van der Waals surface area contributed by atoms with E-state index in [1.807, 2.05) is 13.8 Å². The number of piperazine rings is 1. The van der Waals surface area contributed by atoms with E-state index in [1.165, 1.54) is 11.2 Å². The third-order valence-corrected chi connectivity index (χ3v) is 8.10. The molecule has 9 nitrogen and oxygen atoms in total. The summed E-state index contributed by atoms with van der Waals surface area (Å²) >= 11 is 0. The van der Waals surface area contributed by atoms with Crippen LogP contribution in [0.1, 0.15) is 68.6 Å². The predicted molar refractivity (Wildman–Crippen MR) is 137 cm³/mol. The zero-order chi connectivity index (χ0) is 25.8. The Bertz CT molecular complexity index is 1190. The molecule has 0 aliphatic carbocycles. The highest BCUT2D eigenvalue weighted by molar-refractivity contribution is 7.89. The Morgan fingerprint density at radius 3 is 2.37 bits per heavy atom. The number of aromatic nitrogens is 2. The highest BCUT2D eigenvalue weighted by Gasteiger charge is 2.29. The quantitative estimate of drug-likeness (QED) is 0.364. The van der Waals surface area contributed by atoms with Crippen molar-refractivity contribution in [1.82, 2.24) is 18.9 Å². The molecule has 0 amide bonds. The van der Waals surface area contributed by atoms with Gasteiger partial charge >= 0.3 is 0 Å². The van der Waals surface area contributed by atoms with Crippen LogP contribution in [0.15, 0.2) is 28.2 Å². The molecule has 35 heavy (non-hydrogen) atoms. The van der Waals surface area contributed by atoms with Crippen LogP contribution in [0.3, 0.4) is 0 Å². The van der Waals surface area contributed by atoms with Crippen LogP contribution in [-0.4, -0.2) is 78.1 Å². The second kappa shape index (κ2) is 11.5. The van der Waals surface area contributed by atoms with Gasteiger partial charge in [0.25, 0.3) is 0 Å². The van der Waals surface area contributed by atoms with E-state index < -0.39 is 10.0 Å². The van der Waals surface area contributed by atoms with Gasteiger partial charge in [-0.05, 0) is 51.9 Å². The van der Waals surface area contributed by atoms with E-state index in [0.717, 1.165) is 13.0 Å². The first-order valence-electron chi connectivity index (χ1n) is 12.3. The molecule has 0 spiro atoms. The van der Waals surface area contributed by atoms with E-state index in [0.29, 0.717) is 73.4 Å². The molecule has 1 aromatic heterocycles. The Labute approximate surface area is 208 Å². The number of hydrogen-bond donors (Lipinski definition) is 0. The fourth-order valence-corrected chi connectivity index (χ4v) is 5.79. The molecule has 1 aliphatic heterocycles. The van der Waals surface area contributed by atoms with Gasteiger partial charge in [-0.2, -0.15) is 9.41 Å². The molecule has 1 aromatic carbocycles. The number of Topliss-reactive ketones (excluding diaryl/α,β-unsaturated/α-hetero) is 1. The first-order chi connectivity index (χ1) is 16.6. The van der Waals surface area contributed by atoms with Crippen LogP contribution in [0.25, 0.3) is 0 Å². The molecular formula is C25H37N5O4S. The first kappa shape index (κ1) is 27.0. The Balaban J connectivity index is 2.07. The minimum absolute atomic E-state index is 0.124. The van der Waals surface area contributed by atoms with E-state index in [9.17, 15) is 13.2 Å². The smallest absolute Gasteiger partial charge is 0.243 e. The molecule has 10 heteroatoms. The van der Waals surface area contributed by atoms with Gasteiger partial charge in [0.05, 0.1) is 22.9 Å². The molecule has 2 aromatic rings. The summed E-state index contributed by atoms with van der Waals surface area (Å²) in [6.07, 6.45) is 1.52. The fraction of sp³-hybridized carbons (Fsp3) is 0.560. The van der Waals surface area contributed by atoms with Crippen LogP contribution >= 0.6 is 0 Å². The second-order valence-corrected chi connectivity index (χ2v) is 10.6. The summed E-state index contributed by atoms with van der Waals surface area (Å²) in [5.74, 6) is 1.12. The number of ketones is 1. The van der Waals surface area contributed by atoms with Crippen LogP contribution in [0, 0.1) is 6.92 Å². The topological polar surface area (TPSA) is 97.1 Å². The van der Waals surface area contributed by atoms with E-state index >= 15 is 0 Å². The SMILES string of the molecule is CCCc1nc(C)c(C(C)=O)n1/N=C(\C)c1cc(S(=O)(=O)N2CCN(CC)CC2)ccc1OCC. The molecule has 1 aliphatic rings. The maximum atomic E-state index is 13.4. The molecule has 0 bridgehead atoms. The van der Waals surface area contributed by atoms with Crippen molar-refractivity contribution in [2.45, 2.75) is 59.3 Å². The van der Waals surface area contributed by atoms with Crippen LogP contribution in [0.4, 0.5) is 0 Å². The zero-order valence-electron chi connectivity index (χ0n) is 21.7. The Morgan fingerprint density at radius 1 is 1.11 bits per heavy atom. The summed E-state index contributed by atoms with van der Waals surface area (Å²) in [7, 11) is -3.67. The molecule has 0 atom stereocenters. The third-order valence-electron chi connectivity index (χ3n) is 6.21. The molecule has 0 unspecified atom stereocenters. The average molecular weight is 504 g/mol.